The zero-order valence-electron chi connectivity index (χ0n) is 7.17. The Hall–Kier alpha value is -1.10. The van der Waals surface area contributed by atoms with Gasteiger partial charge in [-0.15, -0.1) is 11.3 Å². The molecule has 0 saturated carbocycles. The molecule has 0 atom stereocenters. The fraction of sp³-hybridized carbons (Fsp3) is 0.375. The monoisotopic (exact) mass is 203 g/mol. The predicted octanol–water partition coefficient (Wildman–Crippen LogP) is 1.77. The number of halogens is 1. The van der Waals surface area contributed by atoms with Gasteiger partial charge in [-0.2, -0.15) is 0 Å². The van der Waals surface area contributed by atoms with Gasteiger partial charge in [0.2, 0.25) is 0 Å². The minimum absolute atomic E-state index is 0.199. The van der Waals surface area contributed by atoms with Gasteiger partial charge in [0, 0.05) is 10.6 Å². The summed E-state index contributed by atoms with van der Waals surface area (Å²) < 4.78 is 16.2. The van der Waals surface area contributed by atoms with Crippen molar-refractivity contribution < 1.29 is 13.9 Å². The smallest absolute Gasteiger partial charge is 0.348 e. The Kier molecular flexibility index (Phi) is 3.25. The number of rotatable bonds is 3. The molecule has 0 aliphatic carbocycles. The molecule has 0 unspecified atom stereocenters. The number of aryl methyl sites for hydroxylation is 1. The number of alkyl halides is 1. The quantitative estimate of drug-likeness (QED) is 0.761. The lowest BCUT2D eigenvalue weighted by atomic mass is 10.4. The topological polar surface area (TPSA) is 52.3 Å². The van der Waals surface area contributed by atoms with Gasteiger partial charge in [0.15, 0.2) is 0 Å². The number of nitrogen functional groups attached to an aromatic ring is 1. The number of carbonyl (C=O) groups is 1. The van der Waals surface area contributed by atoms with Crippen LogP contribution in [-0.2, 0) is 4.74 Å². The number of ether oxygens (including phenoxy) is 1. The fourth-order valence-electron chi connectivity index (χ4n) is 0.799. The second-order valence-electron chi connectivity index (χ2n) is 2.45. The van der Waals surface area contributed by atoms with Crippen LogP contribution < -0.4 is 5.73 Å². The van der Waals surface area contributed by atoms with Crippen LogP contribution in [0.5, 0.6) is 0 Å². The molecule has 3 nitrogen and oxygen atoms in total. The average Bonchev–Trinajstić information content (AvgIpc) is 2.43. The van der Waals surface area contributed by atoms with Gasteiger partial charge in [0.1, 0.15) is 18.2 Å². The predicted molar refractivity (Wildman–Crippen MR) is 49.7 cm³/mol. The highest BCUT2D eigenvalue weighted by Gasteiger charge is 2.11. The van der Waals surface area contributed by atoms with Crippen LogP contribution in [0.4, 0.5) is 10.1 Å². The van der Waals surface area contributed by atoms with Crippen molar-refractivity contribution in [3.05, 3.63) is 15.8 Å². The molecule has 0 spiro atoms. The normalized spacial score (nSPS) is 10.0. The maximum atomic E-state index is 11.7. The maximum absolute atomic E-state index is 11.7. The summed E-state index contributed by atoms with van der Waals surface area (Å²) in [5.41, 5.74) is 6.10. The van der Waals surface area contributed by atoms with Gasteiger partial charge in [-0.1, -0.05) is 0 Å². The van der Waals surface area contributed by atoms with Crippen molar-refractivity contribution in [1.82, 2.24) is 0 Å². The van der Waals surface area contributed by atoms with E-state index in [1.54, 1.807) is 6.07 Å². The Morgan fingerprint density at radius 2 is 2.46 bits per heavy atom. The van der Waals surface area contributed by atoms with Crippen molar-refractivity contribution >= 4 is 23.0 Å². The molecule has 0 fully saturated rings. The number of thiophene rings is 1. The van der Waals surface area contributed by atoms with E-state index in [0.717, 1.165) is 4.88 Å². The van der Waals surface area contributed by atoms with Crippen LogP contribution in [0.25, 0.3) is 0 Å². The highest BCUT2D eigenvalue weighted by molar-refractivity contribution is 7.14. The van der Waals surface area contributed by atoms with Crippen LogP contribution in [0.2, 0.25) is 0 Å². The van der Waals surface area contributed by atoms with E-state index in [-0.39, 0.29) is 6.61 Å². The van der Waals surface area contributed by atoms with Crippen LogP contribution in [0.3, 0.4) is 0 Å². The van der Waals surface area contributed by atoms with Crippen LogP contribution >= 0.6 is 11.3 Å². The van der Waals surface area contributed by atoms with E-state index in [1.165, 1.54) is 11.3 Å². The molecular weight excluding hydrogens is 193 g/mol. The average molecular weight is 203 g/mol. The maximum Gasteiger partial charge on any atom is 0.348 e. The number of hydrogen-bond donors (Lipinski definition) is 1. The summed E-state index contributed by atoms with van der Waals surface area (Å²) in [5.74, 6) is -0.512. The first-order chi connectivity index (χ1) is 6.15. The molecule has 2 N–H and O–H groups in total. The van der Waals surface area contributed by atoms with Crippen LogP contribution in [0.15, 0.2) is 6.07 Å². The molecule has 5 heteroatoms. The Labute approximate surface area is 79.3 Å². The van der Waals surface area contributed by atoms with Crippen molar-refractivity contribution in [1.29, 1.82) is 0 Å². The minimum Gasteiger partial charge on any atom is -0.459 e. The highest BCUT2D eigenvalue weighted by atomic mass is 32.1. The van der Waals surface area contributed by atoms with Gasteiger partial charge in [0.05, 0.1) is 0 Å². The molecule has 0 aromatic carbocycles. The van der Waals surface area contributed by atoms with E-state index in [0.29, 0.717) is 10.6 Å². The Balaban J connectivity index is 2.66. The van der Waals surface area contributed by atoms with Gasteiger partial charge >= 0.3 is 5.97 Å². The van der Waals surface area contributed by atoms with E-state index in [9.17, 15) is 9.18 Å². The molecule has 1 heterocycles. The van der Waals surface area contributed by atoms with Crippen molar-refractivity contribution in [3.63, 3.8) is 0 Å². The minimum atomic E-state index is -0.661. The second-order valence-corrected chi connectivity index (χ2v) is 3.70. The zero-order valence-corrected chi connectivity index (χ0v) is 7.99. The number of esters is 1. The Morgan fingerprint density at radius 3 is 2.92 bits per heavy atom. The standard InChI is InChI=1S/C8H10FNO2S/c1-5-6(10)4-7(13-5)8(11)12-3-2-9/h4H,2-3,10H2,1H3. The summed E-state index contributed by atoms with van der Waals surface area (Å²) in [5, 5.41) is 0. The first kappa shape index (κ1) is 9.98. The molecule has 0 aliphatic rings. The molecule has 1 rings (SSSR count). The summed E-state index contributed by atoms with van der Waals surface area (Å²) in [6, 6.07) is 1.54. The van der Waals surface area contributed by atoms with E-state index in [4.69, 9.17) is 5.73 Å². The molecule has 0 bridgehead atoms. The van der Waals surface area contributed by atoms with Gasteiger partial charge in [-0.25, -0.2) is 9.18 Å². The lowest BCUT2D eigenvalue weighted by molar-refractivity contribution is 0.0487. The second kappa shape index (κ2) is 4.23. The largest absolute Gasteiger partial charge is 0.459 e. The lowest BCUT2D eigenvalue weighted by Gasteiger charge is -1.97. The van der Waals surface area contributed by atoms with E-state index in [2.05, 4.69) is 4.74 Å². The zero-order chi connectivity index (χ0) is 9.84. The lowest BCUT2D eigenvalue weighted by Crippen LogP contribution is -2.05. The summed E-state index contributed by atoms with van der Waals surface area (Å²) in [6.07, 6.45) is 0. The van der Waals surface area contributed by atoms with Gasteiger partial charge in [-0.3, -0.25) is 0 Å². The van der Waals surface area contributed by atoms with Crippen molar-refractivity contribution in [2.45, 2.75) is 6.92 Å². The molecule has 0 saturated heterocycles. The molecule has 0 amide bonds. The third-order valence-corrected chi connectivity index (χ3v) is 2.51. The summed E-state index contributed by atoms with van der Waals surface area (Å²) in [6.45, 7) is 0.952. The SMILES string of the molecule is Cc1sc(C(=O)OCCF)cc1N. The third-order valence-electron chi connectivity index (χ3n) is 1.47. The van der Waals surface area contributed by atoms with Crippen LogP contribution in [0, 0.1) is 6.92 Å². The van der Waals surface area contributed by atoms with Crippen molar-refractivity contribution in [2.75, 3.05) is 19.0 Å². The first-order valence-electron chi connectivity index (χ1n) is 3.74. The fourth-order valence-corrected chi connectivity index (χ4v) is 1.63. The molecule has 1 aromatic heterocycles. The Bertz CT molecular complexity index is 292. The van der Waals surface area contributed by atoms with Gasteiger partial charge in [-0.05, 0) is 13.0 Å². The van der Waals surface area contributed by atoms with Crippen molar-refractivity contribution in [2.24, 2.45) is 0 Å². The van der Waals surface area contributed by atoms with Crippen molar-refractivity contribution in [3.8, 4) is 0 Å². The first-order valence-corrected chi connectivity index (χ1v) is 4.55. The molecule has 1 aromatic rings. The van der Waals surface area contributed by atoms with E-state index >= 15 is 0 Å². The number of anilines is 1. The summed E-state index contributed by atoms with van der Waals surface area (Å²) >= 11 is 1.25. The van der Waals surface area contributed by atoms with Gasteiger partial charge < -0.3 is 10.5 Å². The third kappa shape index (κ3) is 2.42. The number of hydrogen-bond acceptors (Lipinski definition) is 4. The molecule has 0 aliphatic heterocycles. The summed E-state index contributed by atoms with van der Waals surface area (Å²) in [7, 11) is 0. The summed E-state index contributed by atoms with van der Waals surface area (Å²) in [4.78, 5) is 12.4. The van der Waals surface area contributed by atoms with E-state index in [1.807, 2.05) is 6.92 Å². The number of nitrogens with two attached hydrogens (primary N) is 1. The number of carbonyl (C=O) groups excluding carboxylic acids is 1. The molecule has 13 heavy (non-hydrogen) atoms. The Morgan fingerprint density at radius 1 is 1.77 bits per heavy atom. The highest BCUT2D eigenvalue weighted by Crippen LogP contribution is 2.23. The van der Waals surface area contributed by atoms with Crippen LogP contribution in [0.1, 0.15) is 14.5 Å². The molecule has 72 valence electrons. The molecular formula is C8H10FNO2S. The molecule has 0 radical (unpaired) electrons. The van der Waals surface area contributed by atoms with Crippen LogP contribution in [-0.4, -0.2) is 19.3 Å². The van der Waals surface area contributed by atoms with E-state index < -0.39 is 12.6 Å². The van der Waals surface area contributed by atoms with Gasteiger partial charge in [0.25, 0.3) is 0 Å².